The SMILES string of the molecule is O=C(O)[C@@H]1C[C@H](/C=C/CP(=O)(O)O)CCN1. The van der Waals surface area contributed by atoms with Crippen molar-refractivity contribution in [2.75, 3.05) is 12.7 Å². The van der Waals surface area contributed by atoms with E-state index >= 15 is 0 Å². The van der Waals surface area contributed by atoms with Gasteiger partial charge < -0.3 is 20.2 Å². The van der Waals surface area contributed by atoms with E-state index in [4.69, 9.17) is 14.9 Å². The molecule has 1 aliphatic rings. The zero-order valence-electron chi connectivity index (χ0n) is 8.74. The Balaban J connectivity index is 2.43. The van der Waals surface area contributed by atoms with E-state index < -0.39 is 19.6 Å². The minimum atomic E-state index is -3.99. The Labute approximate surface area is 93.5 Å². The fourth-order valence-corrected chi connectivity index (χ4v) is 2.10. The second-order valence-corrected chi connectivity index (χ2v) is 5.60. The Morgan fingerprint density at radius 2 is 2.19 bits per heavy atom. The maximum atomic E-state index is 10.7. The highest BCUT2D eigenvalue weighted by atomic mass is 31.2. The molecule has 1 heterocycles. The normalized spacial score (nSPS) is 27.1. The number of hydrogen-bond acceptors (Lipinski definition) is 3. The van der Waals surface area contributed by atoms with Crippen molar-refractivity contribution in [2.24, 2.45) is 5.92 Å². The van der Waals surface area contributed by atoms with Crippen LogP contribution in [0.1, 0.15) is 12.8 Å². The van der Waals surface area contributed by atoms with Gasteiger partial charge in [-0.3, -0.25) is 9.36 Å². The Morgan fingerprint density at radius 3 is 2.75 bits per heavy atom. The van der Waals surface area contributed by atoms with Crippen LogP contribution in [0.3, 0.4) is 0 Å². The van der Waals surface area contributed by atoms with Crippen molar-refractivity contribution >= 4 is 13.6 Å². The van der Waals surface area contributed by atoms with Crippen LogP contribution in [0.25, 0.3) is 0 Å². The smallest absolute Gasteiger partial charge is 0.329 e. The van der Waals surface area contributed by atoms with Gasteiger partial charge >= 0.3 is 13.6 Å². The van der Waals surface area contributed by atoms with Crippen LogP contribution in [-0.4, -0.2) is 39.6 Å². The van der Waals surface area contributed by atoms with E-state index in [1.807, 2.05) is 0 Å². The lowest BCUT2D eigenvalue weighted by Gasteiger charge is -2.25. The lowest BCUT2D eigenvalue weighted by atomic mass is 9.92. The summed E-state index contributed by atoms with van der Waals surface area (Å²) in [4.78, 5) is 28.0. The van der Waals surface area contributed by atoms with Crippen LogP contribution >= 0.6 is 7.60 Å². The van der Waals surface area contributed by atoms with E-state index in [-0.39, 0.29) is 12.1 Å². The highest BCUT2D eigenvalue weighted by Gasteiger charge is 2.24. The molecule has 0 radical (unpaired) electrons. The first-order valence-electron chi connectivity index (χ1n) is 5.06. The summed E-state index contributed by atoms with van der Waals surface area (Å²) in [6.07, 6.45) is 4.12. The van der Waals surface area contributed by atoms with Crippen molar-refractivity contribution in [3.63, 3.8) is 0 Å². The predicted molar refractivity (Wildman–Crippen MR) is 58.2 cm³/mol. The number of aliphatic carboxylic acids is 1. The quantitative estimate of drug-likeness (QED) is 0.418. The molecule has 0 saturated carbocycles. The lowest BCUT2D eigenvalue weighted by molar-refractivity contribution is -0.140. The van der Waals surface area contributed by atoms with Crippen LogP contribution in [0.4, 0.5) is 0 Å². The summed E-state index contributed by atoms with van der Waals surface area (Å²) in [7, 11) is -3.99. The third kappa shape index (κ3) is 4.90. The molecule has 1 aliphatic heterocycles. The molecule has 1 rings (SSSR count). The monoisotopic (exact) mass is 249 g/mol. The van der Waals surface area contributed by atoms with E-state index in [1.54, 1.807) is 6.08 Å². The molecule has 0 aromatic rings. The van der Waals surface area contributed by atoms with E-state index in [1.165, 1.54) is 6.08 Å². The molecule has 7 heteroatoms. The molecule has 6 nitrogen and oxygen atoms in total. The highest BCUT2D eigenvalue weighted by molar-refractivity contribution is 7.51. The molecule has 0 unspecified atom stereocenters. The summed E-state index contributed by atoms with van der Waals surface area (Å²) in [6, 6.07) is -0.557. The number of carboxylic acids is 1. The summed E-state index contributed by atoms with van der Waals surface area (Å²) in [5.41, 5.74) is 0. The van der Waals surface area contributed by atoms with E-state index in [2.05, 4.69) is 5.32 Å². The first-order chi connectivity index (χ1) is 7.38. The molecule has 0 aromatic carbocycles. The molecule has 0 spiro atoms. The standard InChI is InChI=1S/C9H16NO5P/c11-9(12)8-6-7(3-4-10-8)2-1-5-16(13,14)15/h1-2,7-8,10H,3-6H2,(H,11,12)(H2,13,14,15)/b2-1+/t7-,8+/m1/s1. The third-order valence-corrected chi connectivity index (χ3v) is 3.18. The summed E-state index contributed by atoms with van der Waals surface area (Å²) < 4.78 is 10.6. The van der Waals surface area contributed by atoms with Gasteiger partial charge in [0.05, 0.1) is 6.16 Å². The summed E-state index contributed by atoms with van der Waals surface area (Å²) in [6.45, 7) is 0.613. The number of carboxylic acid groups (broad SMARTS) is 1. The van der Waals surface area contributed by atoms with E-state index in [9.17, 15) is 9.36 Å². The number of rotatable bonds is 4. The molecule has 0 amide bonds. The summed E-state index contributed by atoms with van der Waals surface area (Å²) in [5.74, 6) is -0.804. The van der Waals surface area contributed by atoms with Gasteiger partial charge in [-0.15, -0.1) is 0 Å². The molecule has 2 atom stereocenters. The zero-order chi connectivity index (χ0) is 12.2. The van der Waals surface area contributed by atoms with Crippen LogP contribution < -0.4 is 5.32 Å². The topological polar surface area (TPSA) is 107 Å². The number of carbonyl (C=O) groups is 1. The van der Waals surface area contributed by atoms with Crippen LogP contribution in [0.5, 0.6) is 0 Å². The molecule has 1 fully saturated rings. The van der Waals surface area contributed by atoms with Gasteiger partial charge in [0.15, 0.2) is 0 Å². The lowest BCUT2D eigenvalue weighted by Crippen LogP contribution is -2.43. The van der Waals surface area contributed by atoms with Gasteiger partial charge in [0.1, 0.15) is 6.04 Å². The molecule has 4 N–H and O–H groups in total. The molecule has 0 aliphatic carbocycles. The fraction of sp³-hybridized carbons (Fsp3) is 0.667. The molecular formula is C9H16NO5P. The Bertz CT molecular complexity index is 324. The molecule has 1 saturated heterocycles. The minimum absolute atomic E-state index is 0.0777. The Morgan fingerprint density at radius 1 is 1.50 bits per heavy atom. The molecule has 16 heavy (non-hydrogen) atoms. The van der Waals surface area contributed by atoms with Crippen LogP contribution in [0.15, 0.2) is 12.2 Å². The molecule has 92 valence electrons. The largest absolute Gasteiger partial charge is 0.480 e. The summed E-state index contributed by atoms with van der Waals surface area (Å²) in [5, 5.41) is 11.7. The second-order valence-electron chi connectivity index (χ2n) is 3.90. The molecular weight excluding hydrogens is 233 g/mol. The van der Waals surface area contributed by atoms with Gasteiger partial charge in [-0.25, -0.2) is 0 Å². The third-order valence-electron chi connectivity index (χ3n) is 2.49. The van der Waals surface area contributed by atoms with Crippen LogP contribution in [-0.2, 0) is 9.36 Å². The molecule has 0 aromatic heterocycles. The Hall–Kier alpha value is -0.680. The summed E-state index contributed by atoms with van der Waals surface area (Å²) >= 11 is 0. The van der Waals surface area contributed by atoms with E-state index in [0.717, 1.165) is 6.42 Å². The van der Waals surface area contributed by atoms with Crippen molar-refractivity contribution in [2.45, 2.75) is 18.9 Å². The van der Waals surface area contributed by atoms with Crippen LogP contribution in [0, 0.1) is 5.92 Å². The van der Waals surface area contributed by atoms with Gasteiger partial charge in [0, 0.05) is 0 Å². The second kappa shape index (κ2) is 5.59. The predicted octanol–water partition coefficient (Wildman–Crippen LogP) is 0.173. The van der Waals surface area contributed by atoms with Crippen molar-refractivity contribution in [3.8, 4) is 0 Å². The van der Waals surface area contributed by atoms with Gasteiger partial charge in [0.25, 0.3) is 0 Å². The van der Waals surface area contributed by atoms with Crippen molar-refractivity contribution in [1.82, 2.24) is 5.32 Å². The van der Waals surface area contributed by atoms with Gasteiger partial charge in [-0.2, -0.15) is 0 Å². The van der Waals surface area contributed by atoms with Crippen molar-refractivity contribution in [1.29, 1.82) is 0 Å². The van der Waals surface area contributed by atoms with Crippen LogP contribution in [0.2, 0.25) is 0 Å². The highest BCUT2D eigenvalue weighted by Crippen LogP contribution is 2.34. The van der Waals surface area contributed by atoms with Gasteiger partial charge in [0.2, 0.25) is 0 Å². The van der Waals surface area contributed by atoms with Gasteiger partial charge in [-0.05, 0) is 25.3 Å². The number of piperidine rings is 1. The fourth-order valence-electron chi connectivity index (χ4n) is 1.70. The zero-order valence-corrected chi connectivity index (χ0v) is 9.64. The first kappa shape index (κ1) is 13.4. The van der Waals surface area contributed by atoms with Crippen molar-refractivity contribution in [3.05, 3.63) is 12.2 Å². The van der Waals surface area contributed by atoms with Gasteiger partial charge in [-0.1, -0.05) is 12.2 Å². The number of hydrogen-bond donors (Lipinski definition) is 4. The average molecular weight is 249 g/mol. The first-order valence-corrected chi connectivity index (χ1v) is 6.85. The van der Waals surface area contributed by atoms with Crippen molar-refractivity contribution < 1.29 is 24.3 Å². The average Bonchev–Trinajstić information content (AvgIpc) is 2.16. The Kier molecular flexibility index (Phi) is 4.68. The minimum Gasteiger partial charge on any atom is -0.480 e. The maximum Gasteiger partial charge on any atom is 0.329 e. The maximum absolute atomic E-state index is 10.7. The number of nitrogens with one attached hydrogen (secondary N) is 1. The molecule has 0 bridgehead atoms. The van der Waals surface area contributed by atoms with E-state index in [0.29, 0.717) is 13.0 Å². The number of allylic oxidation sites excluding steroid dienone is 2.